The van der Waals surface area contributed by atoms with Crippen LogP contribution in [0.1, 0.15) is 19.8 Å². The predicted octanol–water partition coefficient (Wildman–Crippen LogP) is 1.66. The molecule has 1 aromatic carbocycles. The van der Waals surface area contributed by atoms with Crippen LogP contribution < -0.4 is 15.8 Å². The molecule has 6 heteroatoms. The van der Waals surface area contributed by atoms with E-state index in [1.807, 2.05) is 30.3 Å². The van der Waals surface area contributed by atoms with E-state index in [1.165, 1.54) is 0 Å². The first-order chi connectivity index (χ1) is 10.6. The molecule has 0 bridgehead atoms. The first-order valence-electron chi connectivity index (χ1n) is 8.07. The highest BCUT2D eigenvalue weighted by Crippen LogP contribution is 2.18. The van der Waals surface area contributed by atoms with E-state index in [9.17, 15) is 4.79 Å². The van der Waals surface area contributed by atoms with Gasteiger partial charge in [-0.25, -0.2) is 0 Å². The Bertz CT molecular complexity index is 448. The van der Waals surface area contributed by atoms with Gasteiger partial charge in [-0.15, -0.1) is 12.4 Å². The Morgan fingerprint density at radius 3 is 2.61 bits per heavy atom. The number of carbonyl (C=O) groups excluding carboxylic acids is 1. The summed E-state index contributed by atoms with van der Waals surface area (Å²) in [6.07, 6.45) is 2.17. The molecule has 3 N–H and O–H groups in total. The van der Waals surface area contributed by atoms with Crippen molar-refractivity contribution in [1.29, 1.82) is 0 Å². The van der Waals surface area contributed by atoms with Gasteiger partial charge in [-0.3, -0.25) is 9.69 Å². The Morgan fingerprint density at radius 1 is 1.35 bits per heavy atom. The first kappa shape index (κ1) is 19.7. The number of benzene rings is 1. The molecule has 2 rings (SSSR count). The lowest BCUT2D eigenvalue weighted by molar-refractivity contribution is -0.122. The maximum absolute atomic E-state index is 11.9. The van der Waals surface area contributed by atoms with Gasteiger partial charge in [-0.2, -0.15) is 0 Å². The minimum Gasteiger partial charge on any atom is -0.492 e. The molecule has 1 fully saturated rings. The van der Waals surface area contributed by atoms with Crippen LogP contribution in [0.25, 0.3) is 0 Å². The van der Waals surface area contributed by atoms with Gasteiger partial charge >= 0.3 is 0 Å². The molecule has 1 aliphatic rings. The normalized spacial score (nSPS) is 17.1. The summed E-state index contributed by atoms with van der Waals surface area (Å²) < 4.78 is 5.54. The monoisotopic (exact) mass is 341 g/mol. The molecular formula is C17H28ClN3O2. The highest BCUT2D eigenvalue weighted by Gasteiger charge is 2.22. The first-order valence-corrected chi connectivity index (χ1v) is 8.07. The molecule has 1 atom stereocenters. The van der Waals surface area contributed by atoms with E-state index in [0.29, 0.717) is 25.6 Å². The third kappa shape index (κ3) is 7.20. The van der Waals surface area contributed by atoms with Gasteiger partial charge in [-0.05, 0) is 50.9 Å². The van der Waals surface area contributed by atoms with Crippen molar-refractivity contribution >= 4 is 18.3 Å². The maximum Gasteiger partial charge on any atom is 0.234 e. The molecule has 1 saturated heterocycles. The highest BCUT2D eigenvalue weighted by molar-refractivity contribution is 5.85. The summed E-state index contributed by atoms with van der Waals surface area (Å²) >= 11 is 0. The quantitative estimate of drug-likeness (QED) is 0.740. The van der Waals surface area contributed by atoms with Crippen molar-refractivity contribution in [2.75, 3.05) is 32.8 Å². The number of halogens is 1. The number of nitrogens with zero attached hydrogens (tertiary/aromatic N) is 1. The molecule has 0 spiro atoms. The van der Waals surface area contributed by atoms with Crippen molar-refractivity contribution in [2.24, 2.45) is 11.7 Å². The van der Waals surface area contributed by atoms with E-state index in [2.05, 4.69) is 17.1 Å². The fourth-order valence-electron chi connectivity index (χ4n) is 2.77. The number of hydrogen-bond acceptors (Lipinski definition) is 4. The van der Waals surface area contributed by atoms with Gasteiger partial charge in [-0.1, -0.05) is 18.2 Å². The van der Waals surface area contributed by atoms with Gasteiger partial charge in [0.05, 0.1) is 13.1 Å². The van der Waals surface area contributed by atoms with Gasteiger partial charge in [0, 0.05) is 6.04 Å². The van der Waals surface area contributed by atoms with Crippen LogP contribution in [0.5, 0.6) is 5.75 Å². The standard InChI is InChI=1S/C17H27N3O2.ClH/c1-14(18)15-7-10-20(11-8-15)13-17(21)19-9-12-22-16-5-3-2-4-6-16;/h2-6,14-15H,7-13,18H2,1H3,(H,19,21);1H. The highest BCUT2D eigenvalue weighted by atomic mass is 35.5. The Hall–Kier alpha value is -1.30. The van der Waals surface area contributed by atoms with Crippen LogP contribution in [0.2, 0.25) is 0 Å². The van der Waals surface area contributed by atoms with E-state index in [1.54, 1.807) is 0 Å². The summed E-state index contributed by atoms with van der Waals surface area (Å²) in [4.78, 5) is 14.1. The zero-order chi connectivity index (χ0) is 15.8. The lowest BCUT2D eigenvalue weighted by atomic mass is 9.91. The summed E-state index contributed by atoms with van der Waals surface area (Å²) in [5, 5.41) is 2.90. The molecular weight excluding hydrogens is 314 g/mol. The Kier molecular flexibility index (Phi) is 8.99. The summed E-state index contributed by atoms with van der Waals surface area (Å²) in [5.74, 6) is 1.49. The zero-order valence-corrected chi connectivity index (χ0v) is 14.6. The smallest absolute Gasteiger partial charge is 0.234 e. The average Bonchev–Trinajstić information content (AvgIpc) is 2.53. The molecule has 1 heterocycles. The number of nitrogens with two attached hydrogens (primary N) is 1. The fourth-order valence-corrected chi connectivity index (χ4v) is 2.77. The van der Waals surface area contributed by atoms with Gasteiger partial charge < -0.3 is 15.8 Å². The van der Waals surface area contributed by atoms with E-state index in [-0.39, 0.29) is 24.4 Å². The Balaban J connectivity index is 0.00000264. The fraction of sp³-hybridized carbons (Fsp3) is 0.588. The number of amides is 1. The second kappa shape index (κ2) is 10.5. The van der Waals surface area contributed by atoms with Gasteiger partial charge in [0.1, 0.15) is 12.4 Å². The number of ether oxygens (including phenoxy) is 1. The van der Waals surface area contributed by atoms with Crippen LogP contribution in [0.4, 0.5) is 0 Å². The van der Waals surface area contributed by atoms with Crippen LogP contribution in [0, 0.1) is 5.92 Å². The lowest BCUT2D eigenvalue weighted by Crippen LogP contribution is -2.44. The zero-order valence-electron chi connectivity index (χ0n) is 13.7. The van der Waals surface area contributed by atoms with Crippen LogP contribution in [-0.4, -0.2) is 49.6 Å². The molecule has 1 aliphatic heterocycles. The number of hydrogen-bond donors (Lipinski definition) is 2. The second-order valence-electron chi connectivity index (χ2n) is 5.98. The molecule has 0 aromatic heterocycles. The second-order valence-corrected chi connectivity index (χ2v) is 5.98. The molecule has 23 heavy (non-hydrogen) atoms. The minimum atomic E-state index is 0. The minimum absolute atomic E-state index is 0. The molecule has 0 saturated carbocycles. The van der Waals surface area contributed by atoms with Crippen molar-refractivity contribution in [3.8, 4) is 5.75 Å². The van der Waals surface area contributed by atoms with E-state index in [4.69, 9.17) is 10.5 Å². The number of likely N-dealkylation sites (tertiary alicyclic amines) is 1. The number of para-hydroxylation sites is 1. The summed E-state index contributed by atoms with van der Waals surface area (Å²) in [5.41, 5.74) is 5.93. The number of nitrogens with one attached hydrogen (secondary N) is 1. The average molecular weight is 342 g/mol. The van der Waals surface area contributed by atoms with E-state index >= 15 is 0 Å². The molecule has 1 unspecified atom stereocenters. The lowest BCUT2D eigenvalue weighted by Gasteiger charge is -2.33. The van der Waals surface area contributed by atoms with Gasteiger partial charge in [0.15, 0.2) is 0 Å². The van der Waals surface area contributed by atoms with Crippen LogP contribution in [-0.2, 0) is 4.79 Å². The van der Waals surface area contributed by atoms with Crippen molar-refractivity contribution < 1.29 is 9.53 Å². The van der Waals surface area contributed by atoms with E-state index in [0.717, 1.165) is 31.7 Å². The number of piperidine rings is 1. The SMILES string of the molecule is CC(N)C1CCN(CC(=O)NCCOc2ccccc2)CC1.Cl. The van der Waals surface area contributed by atoms with Crippen molar-refractivity contribution in [3.63, 3.8) is 0 Å². The summed E-state index contributed by atoms with van der Waals surface area (Å²) in [6, 6.07) is 9.88. The van der Waals surface area contributed by atoms with Crippen molar-refractivity contribution in [2.45, 2.75) is 25.8 Å². The maximum atomic E-state index is 11.9. The summed E-state index contributed by atoms with van der Waals surface area (Å²) in [7, 11) is 0. The Labute approximate surface area is 145 Å². The summed E-state index contributed by atoms with van der Waals surface area (Å²) in [6.45, 7) is 5.48. The van der Waals surface area contributed by atoms with Gasteiger partial charge in [0.2, 0.25) is 5.91 Å². The largest absolute Gasteiger partial charge is 0.492 e. The Morgan fingerprint density at radius 2 is 2.00 bits per heavy atom. The van der Waals surface area contributed by atoms with Crippen molar-refractivity contribution in [3.05, 3.63) is 30.3 Å². The third-order valence-electron chi connectivity index (χ3n) is 4.18. The van der Waals surface area contributed by atoms with Crippen LogP contribution >= 0.6 is 12.4 Å². The molecule has 130 valence electrons. The van der Waals surface area contributed by atoms with Crippen LogP contribution in [0.3, 0.4) is 0 Å². The molecule has 0 aliphatic carbocycles. The van der Waals surface area contributed by atoms with Gasteiger partial charge in [0.25, 0.3) is 0 Å². The molecule has 1 amide bonds. The van der Waals surface area contributed by atoms with E-state index < -0.39 is 0 Å². The molecule has 0 radical (unpaired) electrons. The van der Waals surface area contributed by atoms with Crippen molar-refractivity contribution in [1.82, 2.24) is 10.2 Å². The predicted molar refractivity (Wildman–Crippen MR) is 95.0 cm³/mol. The topological polar surface area (TPSA) is 67.6 Å². The third-order valence-corrected chi connectivity index (χ3v) is 4.18. The van der Waals surface area contributed by atoms with Crippen LogP contribution in [0.15, 0.2) is 30.3 Å². The molecule has 1 aromatic rings. The number of carbonyl (C=O) groups is 1. The number of rotatable bonds is 7. The molecule has 5 nitrogen and oxygen atoms in total.